The van der Waals surface area contributed by atoms with Crippen LogP contribution in [0.1, 0.15) is 0 Å². The molecular weight excluding hydrogens is 282 g/mol. The van der Waals surface area contributed by atoms with Crippen LogP contribution in [0.4, 0.5) is 0 Å². The quantitative estimate of drug-likeness (QED) is 0.370. The number of phosphoric ester groups is 1. The number of aliphatic hydroxyl groups is 2. The zero-order valence-electron chi connectivity index (χ0n) is 8.32. The number of hydrogen-bond acceptors (Lipinski definition) is 7. The van der Waals surface area contributed by atoms with Gasteiger partial charge in [0.2, 0.25) is 0 Å². The number of ether oxygens (including phenoxy) is 1. The minimum atomic E-state index is -5.17. The van der Waals surface area contributed by atoms with E-state index < -0.39 is 40.6 Å². The second-order valence-electron chi connectivity index (χ2n) is 3.27. The Morgan fingerprint density at radius 1 is 1.24 bits per heavy atom. The second-order valence-corrected chi connectivity index (χ2v) is 6.10. The maximum Gasteiger partial charge on any atom is 0.481 e. The standard InChI is InChI=1S/C5H12O10P2/c6-3-1-13-4(5(3)7)2-14-17(11,12)15-16(8,9)10/h3-7H,1-2H2,(H,11,12)(H2,8,9,10)/t3-,4-,5+/m1/s1. The first-order chi connectivity index (χ1) is 7.61. The number of hydrogen-bond donors (Lipinski definition) is 5. The molecule has 1 aliphatic rings. The van der Waals surface area contributed by atoms with Crippen LogP contribution in [0.2, 0.25) is 0 Å². The van der Waals surface area contributed by atoms with Crippen LogP contribution in [-0.4, -0.2) is 56.4 Å². The Bertz CT molecular complexity index is 351. The van der Waals surface area contributed by atoms with Crippen molar-refractivity contribution in [3.8, 4) is 0 Å². The normalized spacial score (nSPS) is 33.6. The van der Waals surface area contributed by atoms with Gasteiger partial charge in [-0.3, -0.25) is 4.52 Å². The summed E-state index contributed by atoms with van der Waals surface area (Å²) < 4.78 is 33.8. The Balaban J connectivity index is 2.45. The van der Waals surface area contributed by atoms with Crippen molar-refractivity contribution in [2.24, 2.45) is 0 Å². The highest BCUT2D eigenvalue weighted by molar-refractivity contribution is 7.60. The first-order valence-corrected chi connectivity index (χ1v) is 7.35. The Morgan fingerprint density at radius 2 is 1.82 bits per heavy atom. The molecule has 0 aromatic heterocycles. The highest BCUT2D eigenvalue weighted by atomic mass is 31.3. The molecule has 17 heavy (non-hydrogen) atoms. The molecule has 0 amide bonds. The van der Waals surface area contributed by atoms with Crippen LogP contribution in [0.25, 0.3) is 0 Å². The lowest BCUT2D eigenvalue weighted by atomic mass is 10.2. The van der Waals surface area contributed by atoms with E-state index in [4.69, 9.17) is 24.5 Å². The summed E-state index contributed by atoms with van der Waals surface area (Å²) in [6.07, 6.45) is -3.54. The predicted molar refractivity (Wildman–Crippen MR) is 50.7 cm³/mol. The molecule has 1 fully saturated rings. The van der Waals surface area contributed by atoms with Crippen molar-refractivity contribution in [1.82, 2.24) is 0 Å². The molecule has 1 saturated heterocycles. The molecule has 12 heteroatoms. The van der Waals surface area contributed by atoms with Crippen LogP contribution in [0.15, 0.2) is 0 Å². The van der Waals surface area contributed by atoms with E-state index >= 15 is 0 Å². The van der Waals surface area contributed by atoms with Gasteiger partial charge in [-0.2, -0.15) is 4.31 Å². The molecule has 0 aliphatic carbocycles. The fourth-order valence-electron chi connectivity index (χ4n) is 1.14. The molecule has 1 rings (SSSR count). The minimum Gasteiger partial charge on any atom is -0.388 e. The van der Waals surface area contributed by atoms with Gasteiger partial charge >= 0.3 is 15.6 Å². The van der Waals surface area contributed by atoms with Crippen molar-refractivity contribution >= 4 is 15.6 Å². The maximum absolute atomic E-state index is 11.0. The molecule has 1 aliphatic heterocycles. The minimum absolute atomic E-state index is 0.176. The van der Waals surface area contributed by atoms with Crippen LogP contribution in [0.5, 0.6) is 0 Å². The van der Waals surface area contributed by atoms with E-state index in [0.717, 1.165) is 0 Å². The fraction of sp³-hybridized carbons (Fsp3) is 1.00. The molecule has 0 saturated carbocycles. The number of aliphatic hydroxyl groups excluding tert-OH is 2. The largest absolute Gasteiger partial charge is 0.481 e. The summed E-state index contributed by atoms with van der Waals surface area (Å²) in [5.74, 6) is 0. The summed E-state index contributed by atoms with van der Waals surface area (Å²) in [6.45, 7) is -0.837. The van der Waals surface area contributed by atoms with E-state index in [1.54, 1.807) is 0 Å². The van der Waals surface area contributed by atoms with Crippen molar-refractivity contribution in [3.63, 3.8) is 0 Å². The highest BCUT2D eigenvalue weighted by Crippen LogP contribution is 2.57. The smallest absolute Gasteiger partial charge is 0.388 e. The summed E-state index contributed by atoms with van der Waals surface area (Å²) in [4.78, 5) is 25.5. The lowest BCUT2D eigenvalue weighted by Crippen LogP contribution is -2.32. The van der Waals surface area contributed by atoms with Crippen molar-refractivity contribution in [3.05, 3.63) is 0 Å². The van der Waals surface area contributed by atoms with Crippen molar-refractivity contribution in [1.29, 1.82) is 0 Å². The van der Waals surface area contributed by atoms with Gasteiger partial charge in [0.25, 0.3) is 0 Å². The molecule has 1 heterocycles. The van der Waals surface area contributed by atoms with Crippen LogP contribution in [0.3, 0.4) is 0 Å². The molecule has 10 nitrogen and oxygen atoms in total. The van der Waals surface area contributed by atoms with Crippen LogP contribution < -0.4 is 0 Å². The van der Waals surface area contributed by atoms with Gasteiger partial charge in [-0.05, 0) is 0 Å². The Labute approximate surface area is 95.6 Å². The third-order valence-corrected chi connectivity index (χ3v) is 4.02. The van der Waals surface area contributed by atoms with Gasteiger partial charge in [0, 0.05) is 0 Å². The third kappa shape index (κ3) is 5.11. The molecule has 0 radical (unpaired) electrons. The summed E-state index contributed by atoms with van der Waals surface area (Å²) >= 11 is 0. The van der Waals surface area contributed by atoms with Crippen LogP contribution in [-0.2, 0) is 22.7 Å². The molecule has 102 valence electrons. The fourth-order valence-corrected chi connectivity index (χ4v) is 2.74. The highest BCUT2D eigenvalue weighted by Gasteiger charge is 2.38. The molecule has 4 atom stereocenters. The lowest BCUT2D eigenvalue weighted by Gasteiger charge is -2.17. The Kier molecular flexibility index (Phi) is 4.84. The summed E-state index contributed by atoms with van der Waals surface area (Å²) in [7, 11) is -10.1. The second kappa shape index (κ2) is 5.41. The average molecular weight is 294 g/mol. The van der Waals surface area contributed by atoms with Crippen molar-refractivity contribution < 1.29 is 47.6 Å². The van der Waals surface area contributed by atoms with E-state index in [9.17, 15) is 14.2 Å². The molecule has 5 N–H and O–H groups in total. The summed E-state index contributed by atoms with van der Waals surface area (Å²) in [6, 6.07) is 0. The monoisotopic (exact) mass is 294 g/mol. The lowest BCUT2D eigenvalue weighted by molar-refractivity contribution is -0.00593. The zero-order chi connectivity index (χ0) is 13.3. The van der Waals surface area contributed by atoms with E-state index in [2.05, 4.69) is 8.83 Å². The first-order valence-electron chi connectivity index (χ1n) is 4.33. The zero-order valence-corrected chi connectivity index (χ0v) is 10.1. The summed E-state index contributed by atoms with van der Waals surface area (Å²) in [5, 5.41) is 18.3. The van der Waals surface area contributed by atoms with Gasteiger partial charge < -0.3 is 29.6 Å². The SMILES string of the molecule is O=P(O)(O)OP(=O)(O)OC[C@H]1OC[C@@H](O)[C@@H]1O. The van der Waals surface area contributed by atoms with E-state index in [0.29, 0.717) is 0 Å². The maximum atomic E-state index is 11.0. The van der Waals surface area contributed by atoms with Gasteiger partial charge in [-0.25, -0.2) is 9.13 Å². The van der Waals surface area contributed by atoms with Gasteiger partial charge in [-0.15, -0.1) is 0 Å². The molecule has 0 bridgehead atoms. The number of rotatable bonds is 5. The van der Waals surface area contributed by atoms with Crippen molar-refractivity contribution in [2.75, 3.05) is 13.2 Å². The van der Waals surface area contributed by atoms with E-state index in [1.807, 2.05) is 0 Å². The van der Waals surface area contributed by atoms with Crippen molar-refractivity contribution in [2.45, 2.75) is 18.3 Å². The third-order valence-electron chi connectivity index (χ3n) is 1.87. The van der Waals surface area contributed by atoms with Gasteiger partial charge in [-0.1, -0.05) is 0 Å². The van der Waals surface area contributed by atoms with Gasteiger partial charge in [0.05, 0.1) is 13.2 Å². The van der Waals surface area contributed by atoms with E-state index in [1.165, 1.54) is 0 Å². The van der Waals surface area contributed by atoms with Gasteiger partial charge in [0.1, 0.15) is 18.3 Å². The molecular formula is C5H12O10P2. The Hall–Kier alpha value is 0.140. The van der Waals surface area contributed by atoms with Crippen LogP contribution >= 0.6 is 15.6 Å². The number of phosphoric acid groups is 2. The Morgan fingerprint density at radius 3 is 2.24 bits per heavy atom. The van der Waals surface area contributed by atoms with E-state index in [-0.39, 0.29) is 6.61 Å². The summed E-state index contributed by atoms with van der Waals surface area (Å²) in [5.41, 5.74) is 0. The molecule has 1 unspecified atom stereocenters. The average Bonchev–Trinajstić information content (AvgIpc) is 2.41. The van der Waals surface area contributed by atoms with Gasteiger partial charge in [0.15, 0.2) is 0 Å². The predicted octanol–water partition coefficient (Wildman–Crippen LogP) is -1.67. The van der Waals surface area contributed by atoms with Crippen LogP contribution in [0, 0.1) is 0 Å². The molecule has 0 spiro atoms. The molecule has 0 aromatic rings. The topological polar surface area (TPSA) is 163 Å². The first kappa shape index (κ1) is 15.2. The molecule has 0 aromatic carbocycles.